The molecule has 2 amide bonds. The topological polar surface area (TPSA) is 84.5 Å². The lowest BCUT2D eigenvalue weighted by Gasteiger charge is -2.08. The minimum Gasteiger partial charge on any atom is -0.463 e. The second-order valence-electron chi connectivity index (χ2n) is 4.62. The average molecular weight is 312 g/mol. The van der Waals surface area contributed by atoms with Crippen molar-refractivity contribution in [2.45, 2.75) is 32.8 Å². The molecule has 0 unspecified atom stereocenters. The lowest BCUT2D eigenvalue weighted by atomic mass is 10.3. The molecule has 1 rings (SSSR count). The van der Waals surface area contributed by atoms with Crippen molar-refractivity contribution in [3.63, 3.8) is 0 Å². The molecule has 0 radical (unpaired) electrons. The molecule has 0 aliphatic rings. The van der Waals surface area contributed by atoms with Crippen LogP contribution in [0.5, 0.6) is 0 Å². The number of ether oxygens (including phenoxy) is 1. The van der Waals surface area contributed by atoms with E-state index in [1.165, 1.54) is 11.3 Å². The molecule has 0 aliphatic heterocycles. The van der Waals surface area contributed by atoms with E-state index in [-0.39, 0.29) is 49.8 Å². The highest BCUT2D eigenvalue weighted by atomic mass is 32.1. The molecule has 0 aromatic carbocycles. The van der Waals surface area contributed by atoms with Crippen molar-refractivity contribution in [3.05, 3.63) is 22.4 Å². The van der Waals surface area contributed by atoms with Gasteiger partial charge < -0.3 is 15.4 Å². The number of thiophene rings is 1. The van der Waals surface area contributed by atoms with E-state index in [1.807, 2.05) is 5.38 Å². The van der Waals surface area contributed by atoms with Crippen molar-refractivity contribution < 1.29 is 19.1 Å². The summed E-state index contributed by atoms with van der Waals surface area (Å²) in [5.74, 6) is -0.728. The molecule has 2 N–H and O–H groups in total. The minimum atomic E-state index is -0.337. The quantitative estimate of drug-likeness (QED) is 0.709. The third-order valence-corrected chi connectivity index (χ3v) is 3.27. The normalized spacial score (nSPS) is 10.2. The molecule has 0 bridgehead atoms. The predicted molar refractivity (Wildman–Crippen MR) is 80.1 cm³/mol. The molecule has 0 saturated carbocycles. The van der Waals surface area contributed by atoms with Crippen LogP contribution in [-0.2, 0) is 14.3 Å². The molecule has 0 fully saturated rings. The summed E-state index contributed by atoms with van der Waals surface area (Å²) in [6.07, 6.45) is 0.169. The maximum Gasteiger partial charge on any atom is 0.307 e. The van der Waals surface area contributed by atoms with Crippen LogP contribution in [0.3, 0.4) is 0 Å². The third-order valence-electron chi connectivity index (χ3n) is 2.40. The SMILES string of the molecule is CC(C)OC(=O)CCNC(=O)CCNC(=O)c1cccs1. The molecular weight excluding hydrogens is 292 g/mol. The predicted octanol–water partition coefficient (Wildman–Crippen LogP) is 1.33. The van der Waals surface area contributed by atoms with Gasteiger partial charge in [0.25, 0.3) is 5.91 Å². The maximum atomic E-state index is 11.6. The number of esters is 1. The first-order valence-corrected chi connectivity index (χ1v) is 7.65. The molecule has 0 atom stereocenters. The maximum absolute atomic E-state index is 11.6. The number of hydrogen-bond donors (Lipinski definition) is 2. The Morgan fingerprint density at radius 2 is 1.90 bits per heavy atom. The first-order valence-electron chi connectivity index (χ1n) is 6.77. The van der Waals surface area contributed by atoms with Gasteiger partial charge in [-0.25, -0.2) is 0 Å². The molecule has 1 aromatic rings. The highest BCUT2D eigenvalue weighted by Gasteiger charge is 2.08. The molecule has 1 heterocycles. The van der Waals surface area contributed by atoms with Crippen LogP contribution >= 0.6 is 11.3 Å². The van der Waals surface area contributed by atoms with Crippen LogP contribution < -0.4 is 10.6 Å². The first-order chi connectivity index (χ1) is 9.99. The zero-order valence-corrected chi connectivity index (χ0v) is 13.0. The molecule has 0 saturated heterocycles. The second-order valence-corrected chi connectivity index (χ2v) is 5.57. The van der Waals surface area contributed by atoms with E-state index in [2.05, 4.69) is 10.6 Å². The van der Waals surface area contributed by atoms with E-state index < -0.39 is 0 Å². The molecule has 0 aliphatic carbocycles. The molecule has 1 aromatic heterocycles. The van der Waals surface area contributed by atoms with Crippen LogP contribution in [0.1, 0.15) is 36.4 Å². The number of carbonyl (C=O) groups is 3. The summed E-state index contributed by atoms with van der Waals surface area (Å²) in [5.41, 5.74) is 0. The zero-order chi connectivity index (χ0) is 15.7. The number of amides is 2. The summed E-state index contributed by atoms with van der Waals surface area (Å²) >= 11 is 1.35. The summed E-state index contributed by atoms with van der Waals surface area (Å²) in [7, 11) is 0. The summed E-state index contributed by atoms with van der Waals surface area (Å²) in [4.78, 5) is 35.0. The van der Waals surface area contributed by atoms with Crippen LogP contribution in [0.15, 0.2) is 17.5 Å². The van der Waals surface area contributed by atoms with Crippen LogP contribution in [0.25, 0.3) is 0 Å². The van der Waals surface area contributed by atoms with E-state index in [0.29, 0.717) is 4.88 Å². The Morgan fingerprint density at radius 3 is 2.52 bits per heavy atom. The Morgan fingerprint density at radius 1 is 1.19 bits per heavy atom. The van der Waals surface area contributed by atoms with Crippen molar-refractivity contribution >= 4 is 29.1 Å². The highest BCUT2D eigenvalue weighted by Crippen LogP contribution is 2.07. The smallest absolute Gasteiger partial charge is 0.307 e. The van der Waals surface area contributed by atoms with E-state index in [0.717, 1.165) is 0 Å². The van der Waals surface area contributed by atoms with Gasteiger partial charge in [-0.05, 0) is 25.3 Å². The fourth-order valence-corrected chi connectivity index (χ4v) is 2.14. The lowest BCUT2D eigenvalue weighted by Crippen LogP contribution is -2.31. The van der Waals surface area contributed by atoms with Crippen LogP contribution in [-0.4, -0.2) is 37.0 Å². The van der Waals surface area contributed by atoms with E-state index in [1.54, 1.807) is 26.0 Å². The van der Waals surface area contributed by atoms with Crippen molar-refractivity contribution in [2.75, 3.05) is 13.1 Å². The number of rotatable bonds is 8. The van der Waals surface area contributed by atoms with Crippen molar-refractivity contribution in [1.29, 1.82) is 0 Å². The summed E-state index contributed by atoms with van der Waals surface area (Å²) in [5, 5.41) is 7.08. The molecule has 21 heavy (non-hydrogen) atoms. The highest BCUT2D eigenvalue weighted by molar-refractivity contribution is 7.12. The third kappa shape index (κ3) is 7.45. The molecule has 116 valence electrons. The van der Waals surface area contributed by atoms with Gasteiger partial charge in [-0.2, -0.15) is 0 Å². The fraction of sp³-hybridized carbons (Fsp3) is 0.500. The molecule has 0 spiro atoms. The Balaban J connectivity index is 2.09. The Kier molecular flexibility index (Phi) is 7.45. The summed E-state index contributed by atoms with van der Waals surface area (Å²) < 4.78 is 4.94. The summed E-state index contributed by atoms with van der Waals surface area (Å²) in [6, 6.07) is 3.52. The number of hydrogen-bond acceptors (Lipinski definition) is 5. The van der Waals surface area contributed by atoms with Gasteiger partial charge in [-0.15, -0.1) is 11.3 Å². The van der Waals surface area contributed by atoms with Gasteiger partial charge in [0.05, 0.1) is 17.4 Å². The van der Waals surface area contributed by atoms with Crippen LogP contribution in [0, 0.1) is 0 Å². The second kappa shape index (κ2) is 9.12. The Hall–Kier alpha value is -1.89. The van der Waals surface area contributed by atoms with E-state index >= 15 is 0 Å². The Labute approximate surface area is 127 Å². The van der Waals surface area contributed by atoms with Gasteiger partial charge in [-0.3, -0.25) is 14.4 Å². The average Bonchev–Trinajstić information content (AvgIpc) is 2.91. The van der Waals surface area contributed by atoms with Gasteiger partial charge >= 0.3 is 5.97 Å². The van der Waals surface area contributed by atoms with Crippen molar-refractivity contribution in [2.24, 2.45) is 0 Å². The van der Waals surface area contributed by atoms with Crippen molar-refractivity contribution in [1.82, 2.24) is 10.6 Å². The van der Waals surface area contributed by atoms with E-state index in [9.17, 15) is 14.4 Å². The standard InChI is InChI=1S/C14H20N2O4S/c1-10(2)20-13(18)6-8-15-12(17)5-7-16-14(19)11-4-3-9-21-11/h3-4,9-10H,5-8H2,1-2H3,(H,15,17)(H,16,19). The van der Waals surface area contributed by atoms with Gasteiger partial charge in [0.2, 0.25) is 5.91 Å². The monoisotopic (exact) mass is 312 g/mol. The van der Waals surface area contributed by atoms with Crippen LogP contribution in [0.4, 0.5) is 0 Å². The lowest BCUT2D eigenvalue weighted by molar-refractivity contribution is -0.147. The van der Waals surface area contributed by atoms with Gasteiger partial charge in [0.1, 0.15) is 0 Å². The van der Waals surface area contributed by atoms with Gasteiger partial charge in [-0.1, -0.05) is 6.07 Å². The van der Waals surface area contributed by atoms with Crippen molar-refractivity contribution in [3.8, 4) is 0 Å². The fourth-order valence-electron chi connectivity index (χ4n) is 1.50. The minimum absolute atomic E-state index is 0.144. The number of carbonyl (C=O) groups excluding carboxylic acids is 3. The summed E-state index contributed by atoms with van der Waals surface area (Å²) in [6.45, 7) is 4.04. The van der Waals surface area contributed by atoms with Crippen LogP contribution in [0.2, 0.25) is 0 Å². The molecule has 6 nitrogen and oxygen atoms in total. The number of nitrogens with one attached hydrogen (secondary N) is 2. The van der Waals surface area contributed by atoms with Gasteiger partial charge in [0.15, 0.2) is 0 Å². The zero-order valence-electron chi connectivity index (χ0n) is 12.2. The Bertz CT molecular complexity index is 471. The molecule has 7 heteroatoms. The largest absolute Gasteiger partial charge is 0.463 e. The first kappa shape index (κ1) is 17.2. The molecular formula is C14H20N2O4S. The van der Waals surface area contributed by atoms with Gasteiger partial charge in [0, 0.05) is 19.5 Å². The van der Waals surface area contributed by atoms with E-state index in [4.69, 9.17) is 4.74 Å².